The van der Waals surface area contributed by atoms with Crippen LogP contribution in [0.25, 0.3) is 22.4 Å². The van der Waals surface area contributed by atoms with Gasteiger partial charge in [-0.1, -0.05) is 29.4 Å². The molecule has 0 amide bonds. The molecule has 4 rings (SSSR count). The maximum atomic E-state index is 11.9. The second-order valence-corrected chi connectivity index (χ2v) is 7.65. The number of allylic oxidation sites excluding steroid dienone is 1. The number of hydrogen-bond donors (Lipinski definition) is 1. The molecule has 0 saturated carbocycles. The lowest BCUT2D eigenvalue weighted by Gasteiger charge is -2.09. The summed E-state index contributed by atoms with van der Waals surface area (Å²) < 4.78 is 7.15. The van der Waals surface area contributed by atoms with Gasteiger partial charge in [0.25, 0.3) is 0 Å². The Hall–Kier alpha value is -3.03. The number of thioether (sulfide) groups is 1. The number of nitrogens with zero attached hydrogens (tertiary/aromatic N) is 3. The number of rotatable bonds is 6. The molecule has 4 aromatic rings. The van der Waals surface area contributed by atoms with E-state index in [1.165, 1.54) is 23.9 Å². The van der Waals surface area contributed by atoms with E-state index in [-0.39, 0.29) is 5.75 Å². The zero-order valence-electron chi connectivity index (χ0n) is 15.2. The molecule has 0 unspecified atom stereocenters. The Morgan fingerprint density at radius 1 is 1.17 bits per heavy atom. The van der Waals surface area contributed by atoms with Gasteiger partial charge in [0.2, 0.25) is 0 Å². The van der Waals surface area contributed by atoms with Crippen LogP contribution >= 0.6 is 23.4 Å². The summed E-state index contributed by atoms with van der Waals surface area (Å²) in [6.07, 6.45) is 1.78. The van der Waals surface area contributed by atoms with Crippen LogP contribution in [0.15, 0.2) is 75.6 Å². The summed E-state index contributed by atoms with van der Waals surface area (Å²) >= 11 is 7.44. The molecular formula is C21H16ClN3O3S. The topological polar surface area (TPSA) is 81.2 Å². The summed E-state index contributed by atoms with van der Waals surface area (Å²) in [6, 6.07) is 13.6. The maximum absolute atomic E-state index is 11.9. The van der Waals surface area contributed by atoms with Gasteiger partial charge < -0.3 is 9.52 Å². The number of phenolic OH excluding ortho intramolecular Hbond substituents is 1. The van der Waals surface area contributed by atoms with Crippen molar-refractivity contribution in [3.8, 4) is 17.1 Å². The van der Waals surface area contributed by atoms with Crippen LogP contribution in [-0.2, 0) is 12.3 Å². The number of benzene rings is 2. The molecular weight excluding hydrogens is 410 g/mol. The maximum Gasteiger partial charge on any atom is 0.336 e. The van der Waals surface area contributed by atoms with Crippen LogP contribution < -0.4 is 5.63 Å². The standard InChI is InChI=1S/C21H16ClN3O3S/c1-2-9-25-20(13-3-5-15(22)6-4-13)23-24-21(25)29-12-14-10-19(27)28-18-11-16(26)7-8-17(14)18/h2-8,10-11,26H,1,9,12H2. The molecule has 1 N–H and O–H groups in total. The highest BCUT2D eigenvalue weighted by atomic mass is 35.5. The third-order valence-corrected chi connectivity index (χ3v) is 5.57. The molecule has 0 aliphatic carbocycles. The number of aromatic hydroxyl groups is 1. The molecule has 29 heavy (non-hydrogen) atoms. The highest BCUT2D eigenvalue weighted by Crippen LogP contribution is 2.30. The third-order valence-electron chi connectivity index (χ3n) is 4.30. The predicted octanol–water partition coefficient (Wildman–Crippen LogP) is 4.89. The smallest absolute Gasteiger partial charge is 0.336 e. The number of hydrogen-bond acceptors (Lipinski definition) is 6. The van der Waals surface area contributed by atoms with Gasteiger partial charge in [-0.3, -0.25) is 4.57 Å². The fourth-order valence-electron chi connectivity index (χ4n) is 2.98. The van der Waals surface area contributed by atoms with Gasteiger partial charge >= 0.3 is 5.63 Å². The van der Waals surface area contributed by atoms with Gasteiger partial charge in [-0.05, 0) is 42.0 Å². The molecule has 6 nitrogen and oxygen atoms in total. The van der Waals surface area contributed by atoms with Crippen molar-refractivity contribution in [3.63, 3.8) is 0 Å². The average molecular weight is 426 g/mol. The first-order chi connectivity index (χ1) is 14.0. The Bertz CT molecular complexity index is 1250. The lowest BCUT2D eigenvalue weighted by Crippen LogP contribution is -2.02. The van der Waals surface area contributed by atoms with Crippen LogP contribution in [0.5, 0.6) is 5.75 Å². The van der Waals surface area contributed by atoms with Crippen molar-refractivity contribution in [2.24, 2.45) is 0 Å². The van der Waals surface area contributed by atoms with Crippen molar-refractivity contribution < 1.29 is 9.52 Å². The Balaban J connectivity index is 1.67. The number of phenols is 1. The van der Waals surface area contributed by atoms with Crippen LogP contribution in [0.1, 0.15) is 5.56 Å². The fraction of sp³-hybridized carbons (Fsp3) is 0.0952. The van der Waals surface area contributed by atoms with Crippen molar-refractivity contribution in [2.45, 2.75) is 17.5 Å². The Morgan fingerprint density at radius 2 is 1.97 bits per heavy atom. The fourth-order valence-corrected chi connectivity index (χ4v) is 4.05. The number of fused-ring (bicyclic) bond motifs is 1. The molecule has 0 fully saturated rings. The molecule has 0 atom stereocenters. The molecule has 0 spiro atoms. The zero-order chi connectivity index (χ0) is 20.4. The Labute approximate surface area is 175 Å². The van der Waals surface area contributed by atoms with Crippen LogP contribution in [-0.4, -0.2) is 19.9 Å². The monoisotopic (exact) mass is 425 g/mol. The van der Waals surface area contributed by atoms with Crippen LogP contribution in [0, 0.1) is 0 Å². The van der Waals surface area contributed by atoms with Crippen molar-refractivity contribution in [1.29, 1.82) is 0 Å². The van der Waals surface area contributed by atoms with Gasteiger partial charge in [-0.2, -0.15) is 0 Å². The van der Waals surface area contributed by atoms with Crippen molar-refractivity contribution >= 4 is 34.3 Å². The number of halogens is 1. The van der Waals surface area contributed by atoms with E-state index in [1.807, 2.05) is 16.7 Å². The Morgan fingerprint density at radius 3 is 2.72 bits per heavy atom. The second-order valence-electron chi connectivity index (χ2n) is 6.27. The van der Waals surface area contributed by atoms with Gasteiger partial charge in [-0.25, -0.2) is 4.79 Å². The summed E-state index contributed by atoms with van der Waals surface area (Å²) in [7, 11) is 0. The minimum atomic E-state index is -0.465. The molecule has 146 valence electrons. The van der Waals surface area contributed by atoms with Crippen LogP contribution in [0.2, 0.25) is 5.02 Å². The van der Waals surface area contributed by atoms with E-state index < -0.39 is 5.63 Å². The van der Waals surface area contributed by atoms with Gasteiger partial charge in [0.1, 0.15) is 11.3 Å². The summed E-state index contributed by atoms with van der Waals surface area (Å²) in [4.78, 5) is 11.9. The van der Waals surface area contributed by atoms with E-state index in [4.69, 9.17) is 16.0 Å². The first-order valence-corrected chi connectivity index (χ1v) is 10.1. The lowest BCUT2D eigenvalue weighted by atomic mass is 10.1. The van der Waals surface area contributed by atoms with Crippen molar-refractivity contribution in [3.05, 3.63) is 82.2 Å². The van der Waals surface area contributed by atoms with Gasteiger partial charge in [-0.15, -0.1) is 16.8 Å². The van der Waals surface area contributed by atoms with E-state index in [1.54, 1.807) is 30.3 Å². The highest BCUT2D eigenvalue weighted by molar-refractivity contribution is 7.98. The largest absolute Gasteiger partial charge is 0.508 e. The van der Waals surface area contributed by atoms with Crippen LogP contribution in [0.3, 0.4) is 0 Å². The minimum absolute atomic E-state index is 0.0452. The van der Waals surface area contributed by atoms with Gasteiger partial charge in [0.15, 0.2) is 11.0 Å². The van der Waals surface area contributed by atoms with E-state index >= 15 is 0 Å². The van der Waals surface area contributed by atoms with Crippen molar-refractivity contribution in [1.82, 2.24) is 14.8 Å². The minimum Gasteiger partial charge on any atom is -0.508 e. The summed E-state index contributed by atoms with van der Waals surface area (Å²) in [6.45, 7) is 4.36. The normalized spacial score (nSPS) is 11.1. The molecule has 2 aromatic heterocycles. The van der Waals surface area contributed by atoms with Crippen LogP contribution in [0.4, 0.5) is 0 Å². The third kappa shape index (κ3) is 4.06. The first kappa shape index (κ1) is 19.3. The highest BCUT2D eigenvalue weighted by Gasteiger charge is 2.15. The quantitative estimate of drug-likeness (QED) is 0.269. The average Bonchev–Trinajstić information content (AvgIpc) is 3.09. The molecule has 0 radical (unpaired) electrons. The van der Waals surface area contributed by atoms with E-state index in [2.05, 4.69) is 16.8 Å². The zero-order valence-corrected chi connectivity index (χ0v) is 16.8. The number of aromatic nitrogens is 3. The molecule has 8 heteroatoms. The lowest BCUT2D eigenvalue weighted by molar-refractivity contribution is 0.473. The second kappa shape index (κ2) is 8.14. The molecule has 2 aromatic carbocycles. The van der Waals surface area contributed by atoms with E-state index in [0.29, 0.717) is 33.9 Å². The molecule has 0 bridgehead atoms. The summed E-state index contributed by atoms with van der Waals surface area (Å²) in [5, 5.41) is 20.4. The molecule has 0 saturated heterocycles. The molecule has 0 aliphatic rings. The molecule has 2 heterocycles. The summed E-state index contributed by atoms with van der Waals surface area (Å²) in [5.74, 6) is 1.25. The van der Waals surface area contributed by atoms with E-state index in [0.717, 1.165) is 16.5 Å². The summed E-state index contributed by atoms with van der Waals surface area (Å²) in [5.41, 5.74) is 1.58. The van der Waals surface area contributed by atoms with Gasteiger partial charge in [0, 0.05) is 40.4 Å². The van der Waals surface area contributed by atoms with E-state index in [9.17, 15) is 9.90 Å². The first-order valence-electron chi connectivity index (χ1n) is 8.74. The van der Waals surface area contributed by atoms with Gasteiger partial charge in [0.05, 0.1) is 0 Å². The predicted molar refractivity (Wildman–Crippen MR) is 114 cm³/mol. The van der Waals surface area contributed by atoms with Crippen molar-refractivity contribution in [2.75, 3.05) is 0 Å². The Kier molecular flexibility index (Phi) is 5.42. The SMILES string of the molecule is C=CCn1c(SCc2cc(=O)oc3cc(O)ccc23)nnc1-c1ccc(Cl)cc1. The molecule has 0 aliphatic heterocycles.